The van der Waals surface area contributed by atoms with Crippen LogP contribution in [0.1, 0.15) is 44.1 Å². The predicted octanol–water partition coefficient (Wildman–Crippen LogP) is 3.27. The Labute approximate surface area is 165 Å². The van der Waals surface area contributed by atoms with Crippen LogP contribution in [0, 0.1) is 5.41 Å². The number of carbonyl (C=O) groups excluding carboxylic acids is 1. The largest absolute Gasteiger partial charge is 0.341 e. The van der Waals surface area contributed by atoms with Crippen molar-refractivity contribution < 1.29 is 4.79 Å². The number of nitrogens with zero attached hydrogens (tertiary/aromatic N) is 3. The zero-order chi connectivity index (χ0) is 19.4. The molecule has 150 valence electrons. The zero-order valence-electron chi connectivity index (χ0n) is 17.7. The smallest absolute Gasteiger partial charge is 0.240 e. The standard InChI is InChI=1S/C23H37N3O/c1-24(2)20-10-12-23(13-11-20)14-16-26(17-15-23)22(27)21(25(3)4)18-19-8-6-5-7-9-19/h5-9,20-21H,10-18H2,1-4H3. The first kappa shape index (κ1) is 20.3. The van der Waals surface area contributed by atoms with Gasteiger partial charge in [0.15, 0.2) is 0 Å². The van der Waals surface area contributed by atoms with E-state index in [1.165, 1.54) is 44.1 Å². The number of carbonyl (C=O) groups is 1. The fraction of sp³-hybridized carbons (Fsp3) is 0.696. The van der Waals surface area contributed by atoms with Gasteiger partial charge in [0.05, 0.1) is 6.04 Å². The maximum atomic E-state index is 13.2. The fourth-order valence-electron chi connectivity index (χ4n) is 4.97. The summed E-state index contributed by atoms with van der Waals surface area (Å²) in [4.78, 5) is 19.8. The molecule has 1 amide bonds. The highest BCUT2D eigenvalue weighted by Gasteiger charge is 2.40. The highest BCUT2D eigenvalue weighted by molar-refractivity contribution is 5.82. The minimum atomic E-state index is -0.0640. The van der Waals surface area contributed by atoms with E-state index in [9.17, 15) is 4.79 Å². The number of rotatable bonds is 5. The highest BCUT2D eigenvalue weighted by atomic mass is 16.2. The topological polar surface area (TPSA) is 26.8 Å². The second-order valence-electron chi connectivity index (χ2n) is 9.19. The van der Waals surface area contributed by atoms with E-state index in [1.807, 2.05) is 20.2 Å². The molecule has 1 saturated heterocycles. The summed E-state index contributed by atoms with van der Waals surface area (Å²) in [6, 6.07) is 11.1. The zero-order valence-corrected chi connectivity index (χ0v) is 17.7. The van der Waals surface area contributed by atoms with Crippen molar-refractivity contribution in [3.05, 3.63) is 35.9 Å². The summed E-state index contributed by atoms with van der Waals surface area (Å²) in [6.45, 7) is 1.87. The number of amides is 1. The molecule has 1 spiro atoms. The predicted molar refractivity (Wildman–Crippen MR) is 112 cm³/mol. The molecule has 0 bridgehead atoms. The first-order chi connectivity index (χ1) is 12.9. The van der Waals surface area contributed by atoms with Gasteiger partial charge in [0.2, 0.25) is 5.91 Å². The lowest BCUT2D eigenvalue weighted by molar-refractivity contribution is -0.139. The Balaban J connectivity index is 1.57. The van der Waals surface area contributed by atoms with Crippen molar-refractivity contribution in [2.75, 3.05) is 41.3 Å². The fourth-order valence-corrected chi connectivity index (χ4v) is 4.97. The SMILES string of the molecule is CN(C)C1CCC2(CC1)CCN(C(=O)C(Cc1ccccc1)N(C)C)CC2. The van der Waals surface area contributed by atoms with E-state index in [0.29, 0.717) is 11.3 Å². The van der Waals surface area contributed by atoms with E-state index in [1.54, 1.807) is 0 Å². The Bertz CT molecular complexity index is 595. The number of piperidine rings is 1. The second-order valence-corrected chi connectivity index (χ2v) is 9.19. The van der Waals surface area contributed by atoms with E-state index in [0.717, 1.165) is 25.6 Å². The van der Waals surface area contributed by atoms with Crippen LogP contribution in [0.5, 0.6) is 0 Å². The van der Waals surface area contributed by atoms with Crippen LogP contribution in [0.2, 0.25) is 0 Å². The Morgan fingerprint density at radius 2 is 1.63 bits per heavy atom. The Morgan fingerprint density at radius 3 is 2.15 bits per heavy atom. The third-order valence-corrected chi connectivity index (χ3v) is 7.06. The van der Waals surface area contributed by atoms with E-state index >= 15 is 0 Å². The number of likely N-dealkylation sites (N-methyl/N-ethyl adjacent to an activating group) is 1. The third-order valence-electron chi connectivity index (χ3n) is 7.06. The molecule has 1 aromatic rings. The molecule has 1 aliphatic heterocycles. The summed E-state index contributed by atoms with van der Waals surface area (Å²) >= 11 is 0. The molecule has 4 heteroatoms. The molecule has 2 fully saturated rings. The van der Waals surface area contributed by atoms with Gasteiger partial charge in [-0.05, 0) is 84.1 Å². The molecule has 27 heavy (non-hydrogen) atoms. The van der Waals surface area contributed by atoms with Crippen molar-refractivity contribution in [1.82, 2.24) is 14.7 Å². The average Bonchev–Trinajstić information content (AvgIpc) is 2.67. The maximum absolute atomic E-state index is 13.2. The van der Waals surface area contributed by atoms with Crippen LogP contribution in [-0.4, -0.2) is 74.0 Å². The number of hydrogen-bond donors (Lipinski definition) is 0. The van der Waals surface area contributed by atoms with Crippen LogP contribution in [0.15, 0.2) is 30.3 Å². The molecule has 1 aromatic carbocycles. The van der Waals surface area contributed by atoms with Crippen molar-refractivity contribution in [2.45, 2.75) is 57.0 Å². The summed E-state index contributed by atoms with van der Waals surface area (Å²) in [5.41, 5.74) is 1.73. The van der Waals surface area contributed by atoms with Gasteiger partial charge in [0.1, 0.15) is 0 Å². The summed E-state index contributed by atoms with van der Waals surface area (Å²) in [5.74, 6) is 0.306. The molecule has 2 aliphatic rings. The van der Waals surface area contributed by atoms with E-state index < -0.39 is 0 Å². The molecule has 1 aliphatic carbocycles. The van der Waals surface area contributed by atoms with Crippen molar-refractivity contribution >= 4 is 5.91 Å². The molecular formula is C23H37N3O. The minimum absolute atomic E-state index is 0.0640. The van der Waals surface area contributed by atoms with Gasteiger partial charge in [-0.2, -0.15) is 0 Å². The molecule has 3 rings (SSSR count). The summed E-state index contributed by atoms with van der Waals surface area (Å²) in [7, 11) is 8.47. The van der Waals surface area contributed by atoms with Crippen LogP contribution < -0.4 is 0 Å². The molecule has 1 saturated carbocycles. The quantitative estimate of drug-likeness (QED) is 0.795. The number of hydrogen-bond acceptors (Lipinski definition) is 3. The van der Waals surface area contributed by atoms with Crippen LogP contribution in [0.3, 0.4) is 0 Å². The van der Waals surface area contributed by atoms with Gasteiger partial charge in [-0.15, -0.1) is 0 Å². The molecular weight excluding hydrogens is 334 g/mol. The monoisotopic (exact) mass is 371 g/mol. The van der Waals surface area contributed by atoms with E-state index in [-0.39, 0.29) is 6.04 Å². The van der Waals surface area contributed by atoms with Crippen LogP contribution in [0.4, 0.5) is 0 Å². The lowest BCUT2D eigenvalue weighted by Crippen LogP contribution is -2.52. The maximum Gasteiger partial charge on any atom is 0.240 e. The second kappa shape index (κ2) is 8.74. The van der Waals surface area contributed by atoms with Gasteiger partial charge in [-0.3, -0.25) is 9.69 Å². The van der Waals surface area contributed by atoms with Crippen LogP contribution >= 0.6 is 0 Å². The Hall–Kier alpha value is -1.39. The van der Waals surface area contributed by atoms with Gasteiger partial charge >= 0.3 is 0 Å². The highest BCUT2D eigenvalue weighted by Crippen LogP contribution is 2.45. The number of benzene rings is 1. The van der Waals surface area contributed by atoms with E-state index in [4.69, 9.17) is 0 Å². The summed E-state index contributed by atoms with van der Waals surface area (Å²) in [5, 5.41) is 0. The Kier molecular flexibility index (Phi) is 6.59. The van der Waals surface area contributed by atoms with Crippen molar-refractivity contribution in [3.8, 4) is 0 Å². The normalized spacial score (nSPS) is 21.8. The van der Waals surface area contributed by atoms with Crippen molar-refractivity contribution in [3.63, 3.8) is 0 Å². The summed E-state index contributed by atoms with van der Waals surface area (Å²) < 4.78 is 0. The van der Waals surface area contributed by atoms with Gasteiger partial charge in [0, 0.05) is 19.1 Å². The Morgan fingerprint density at radius 1 is 1.04 bits per heavy atom. The lowest BCUT2D eigenvalue weighted by atomic mass is 9.66. The lowest BCUT2D eigenvalue weighted by Gasteiger charge is -2.47. The van der Waals surface area contributed by atoms with Crippen LogP contribution in [0.25, 0.3) is 0 Å². The molecule has 0 radical (unpaired) electrons. The molecule has 1 atom stereocenters. The molecule has 0 N–H and O–H groups in total. The molecule has 1 unspecified atom stereocenters. The van der Waals surface area contributed by atoms with Crippen molar-refractivity contribution in [1.29, 1.82) is 0 Å². The molecule has 0 aromatic heterocycles. The third kappa shape index (κ3) is 4.91. The van der Waals surface area contributed by atoms with Crippen LogP contribution in [-0.2, 0) is 11.2 Å². The molecule has 4 nitrogen and oxygen atoms in total. The first-order valence-electron chi connectivity index (χ1n) is 10.6. The average molecular weight is 372 g/mol. The van der Waals surface area contributed by atoms with Gasteiger partial charge in [0.25, 0.3) is 0 Å². The van der Waals surface area contributed by atoms with Gasteiger partial charge < -0.3 is 9.80 Å². The summed E-state index contributed by atoms with van der Waals surface area (Å²) in [6.07, 6.45) is 8.45. The van der Waals surface area contributed by atoms with Crippen molar-refractivity contribution in [2.24, 2.45) is 5.41 Å². The van der Waals surface area contributed by atoms with Gasteiger partial charge in [-0.25, -0.2) is 0 Å². The van der Waals surface area contributed by atoms with Gasteiger partial charge in [-0.1, -0.05) is 30.3 Å². The first-order valence-corrected chi connectivity index (χ1v) is 10.6. The minimum Gasteiger partial charge on any atom is -0.341 e. The molecule has 1 heterocycles. The number of likely N-dealkylation sites (tertiary alicyclic amines) is 1. The van der Waals surface area contributed by atoms with E-state index in [2.05, 4.69) is 53.1 Å².